The third-order valence-electron chi connectivity index (χ3n) is 3.99. The molecule has 0 amide bonds. The molecule has 0 aromatic carbocycles. The van der Waals surface area contributed by atoms with Crippen LogP contribution in [0.3, 0.4) is 0 Å². The van der Waals surface area contributed by atoms with E-state index in [0.717, 1.165) is 0 Å². The smallest absolute Gasteiger partial charge is 0.293 e. The van der Waals surface area contributed by atoms with E-state index in [0.29, 0.717) is 39.3 Å². The van der Waals surface area contributed by atoms with Gasteiger partial charge in [0.15, 0.2) is 0 Å². The molecule has 0 rings (SSSR count). The van der Waals surface area contributed by atoms with Crippen molar-refractivity contribution in [3.63, 3.8) is 0 Å². The third-order valence-corrected chi connectivity index (χ3v) is 9.30. The first kappa shape index (κ1) is 19.9. The van der Waals surface area contributed by atoms with Crippen molar-refractivity contribution in [3.8, 4) is 0 Å². The predicted octanol–water partition coefficient (Wildman–Crippen LogP) is 3.05. The molecule has 0 aliphatic heterocycles. The summed E-state index contributed by atoms with van der Waals surface area (Å²) in [4.78, 5) is 0. The van der Waals surface area contributed by atoms with Gasteiger partial charge in [-0.2, -0.15) is 13.2 Å². The largest absolute Gasteiger partial charge is 0.411 e. The second-order valence-corrected chi connectivity index (χ2v) is 8.39. The fourth-order valence-corrected chi connectivity index (χ4v) is 8.05. The summed E-state index contributed by atoms with van der Waals surface area (Å²) in [7, 11) is -3.89. The lowest BCUT2D eigenvalue weighted by Crippen LogP contribution is -2.82. The molecule has 3 nitrogen and oxygen atoms in total. The Balaban J connectivity index is 6.15. The van der Waals surface area contributed by atoms with Crippen LogP contribution in [0.4, 0.5) is 13.2 Å². The Morgan fingerprint density at radius 3 is 0.900 bits per heavy atom. The van der Waals surface area contributed by atoms with Crippen LogP contribution in [0.25, 0.3) is 0 Å². The molecule has 0 saturated heterocycles. The maximum absolute atomic E-state index is 14.2. The minimum Gasteiger partial charge on any atom is -0.293 e. The molecule has 0 aromatic heterocycles. The Morgan fingerprint density at radius 2 is 0.800 bits per heavy atom. The lowest BCUT2D eigenvalue weighted by Gasteiger charge is -2.52. The summed E-state index contributed by atoms with van der Waals surface area (Å²) >= 11 is 0. The van der Waals surface area contributed by atoms with Crippen LogP contribution in [0.15, 0.2) is 0 Å². The van der Waals surface area contributed by atoms with E-state index in [9.17, 15) is 13.2 Å². The summed E-state index contributed by atoms with van der Waals surface area (Å²) in [6.45, 7) is 13.5. The van der Waals surface area contributed by atoms with Gasteiger partial charge in [0.25, 0.3) is 0 Å². The topological polar surface area (TPSA) is 9.72 Å². The molecule has 122 valence electrons. The first-order valence-corrected chi connectivity index (χ1v) is 9.47. The average molecular weight is 313 g/mol. The van der Waals surface area contributed by atoms with Gasteiger partial charge in [-0.05, 0) is 39.3 Å². The molecular weight excluding hydrogens is 283 g/mol. The highest BCUT2D eigenvalue weighted by Gasteiger charge is 2.68. The summed E-state index contributed by atoms with van der Waals surface area (Å²) in [5, 5.41) is 0. The van der Waals surface area contributed by atoms with Gasteiger partial charge in [-0.3, -0.25) is 13.7 Å². The van der Waals surface area contributed by atoms with Gasteiger partial charge >= 0.3 is 14.4 Å². The minimum atomic E-state index is -4.20. The SMILES string of the molecule is CCN(CC)[Si](N(CC)CC)(N(CC)CC)C(F)(F)F. The number of hydrogen-bond acceptors (Lipinski definition) is 3. The Bertz CT molecular complexity index is 231. The number of rotatable bonds is 9. The van der Waals surface area contributed by atoms with E-state index < -0.39 is 14.4 Å². The van der Waals surface area contributed by atoms with Crippen molar-refractivity contribution in [2.24, 2.45) is 0 Å². The Morgan fingerprint density at radius 1 is 0.600 bits per heavy atom. The number of nitrogens with zero attached hydrogens (tertiary/aromatic N) is 3. The molecule has 0 aliphatic rings. The maximum atomic E-state index is 14.2. The van der Waals surface area contributed by atoms with Crippen LogP contribution >= 0.6 is 0 Å². The number of alkyl halides is 3. The average Bonchev–Trinajstić information content (AvgIpc) is 2.40. The van der Waals surface area contributed by atoms with Gasteiger partial charge in [0.1, 0.15) is 0 Å². The molecule has 0 N–H and O–H groups in total. The lowest BCUT2D eigenvalue weighted by molar-refractivity contribution is -0.0886. The van der Waals surface area contributed by atoms with Crippen LogP contribution in [-0.4, -0.2) is 67.3 Å². The standard InChI is InChI=1S/C13H30F3N3Si/c1-7-17(8-2)20(13(14,15)16,18(9-3)10-4)19(11-5)12-6/h7-12H2,1-6H3. The van der Waals surface area contributed by atoms with Gasteiger partial charge in [-0.25, -0.2) is 0 Å². The summed E-state index contributed by atoms with van der Waals surface area (Å²) in [6.07, 6.45) is 0. The molecular formula is C13H30F3N3Si. The van der Waals surface area contributed by atoms with Crippen LogP contribution in [-0.2, 0) is 0 Å². The van der Waals surface area contributed by atoms with Crippen molar-refractivity contribution in [2.45, 2.75) is 47.3 Å². The molecule has 0 fully saturated rings. The Kier molecular flexibility index (Phi) is 8.31. The highest BCUT2D eigenvalue weighted by molar-refractivity contribution is 6.73. The van der Waals surface area contributed by atoms with E-state index in [1.807, 2.05) is 41.5 Å². The van der Waals surface area contributed by atoms with Gasteiger partial charge < -0.3 is 0 Å². The third kappa shape index (κ3) is 3.37. The Labute approximate surface area is 123 Å². The highest BCUT2D eigenvalue weighted by Crippen LogP contribution is 2.36. The molecule has 0 atom stereocenters. The molecule has 0 saturated carbocycles. The quantitative estimate of drug-likeness (QED) is 0.606. The molecule has 0 aromatic rings. The highest BCUT2D eigenvalue weighted by atomic mass is 28.4. The van der Waals surface area contributed by atoms with E-state index >= 15 is 0 Å². The van der Waals surface area contributed by atoms with E-state index in [1.165, 1.54) is 0 Å². The van der Waals surface area contributed by atoms with Crippen molar-refractivity contribution in [2.75, 3.05) is 39.3 Å². The van der Waals surface area contributed by atoms with Gasteiger partial charge in [0, 0.05) is 0 Å². The lowest BCUT2D eigenvalue weighted by atomic mass is 10.6. The van der Waals surface area contributed by atoms with Crippen LogP contribution in [0.2, 0.25) is 0 Å². The molecule has 0 aliphatic carbocycles. The molecule has 0 heterocycles. The normalized spacial score (nSPS) is 13.8. The van der Waals surface area contributed by atoms with E-state index in [1.54, 1.807) is 13.7 Å². The van der Waals surface area contributed by atoms with Crippen LogP contribution in [0.5, 0.6) is 0 Å². The Hall–Kier alpha value is -0.113. The van der Waals surface area contributed by atoms with Crippen molar-refractivity contribution in [3.05, 3.63) is 0 Å². The predicted molar refractivity (Wildman–Crippen MR) is 80.6 cm³/mol. The molecule has 0 unspecified atom stereocenters. The molecule has 0 radical (unpaired) electrons. The maximum Gasteiger partial charge on any atom is 0.411 e. The van der Waals surface area contributed by atoms with Crippen LogP contribution in [0.1, 0.15) is 41.5 Å². The number of hydrogen-bond donors (Lipinski definition) is 0. The fourth-order valence-electron chi connectivity index (χ4n) is 3.13. The minimum absolute atomic E-state index is 0.426. The van der Waals surface area contributed by atoms with Gasteiger partial charge in [-0.15, -0.1) is 0 Å². The van der Waals surface area contributed by atoms with Crippen molar-refractivity contribution < 1.29 is 13.2 Å². The zero-order valence-electron chi connectivity index (χ0n) is 13.7. The summed E-state index contributed by atoms with van der Waals surface area (Å²) in [5.74, 6) is -4.20. The van der Waals surface area contributed by atoms with Crippen molar-refractivity contribution in [1.29, 1.82) is 0 Å². The van der Waals surface area contributed by atoms with E-state index in [2.05, 4.69) is 0 Å². The van der Waals surface area contributed by atoms with Gasteiger partial charge in [0.2, 0.25) is 0 Å². The zero-order valence-corrected chi connectivity index (χ0v) is 14.7. The van der Waals surface area contributed by atoms with E-state index in [-0.39, 0.29) is 0 Å². The molecule has 7 heteroatoms. The van der Waals surface area contributed by atoms with Crippen LogP contribution < -0.4 is 0 Å². The summed E-state index contributed by atoms with van der Waals surface area (Å²) < 4.78 is 47.5. The first-order chi connectivity index (χ1) is 9.31. The summed E-state index contributed by atoms with van der Waals surface area (Å²) in [5.41, 5.74) is 0. The molecule has 0 bridgehead atoms. The fraction of sp³-hybridized carbons (Fsp3) is 1.00. The van der Waals surface area contributed by atoms with Gasteiger partial charge in [0.05, 0.1) is 0 Å². The second-order valence-electron chi connectivity index (χ2n) is 4.65. The summed E-state index contributed by atoms with van der Waals surface area (Å²) in [6, 6.07) is 0. The second kappa shape index (κ2) is 8.36. The van der Waals surface area contributed by atoms with Crippen LogP contribution in [0, 0.1) is 0 Å². The molecule has 20 heavy (non-hydrogen) atoms. The van der Waals surface area contributed by atoms with Crippen molar-refractivity contribution >= 4 is 8.56 Å². The van der Waals surface area contributed by atoms with Crippen molar-refractivity contribution in [1.82, 2.24) is 13.7 Å². The zero-order chi connectivity index (χ0) is 16.0. The van der Waals surface area contributed by atoms with Gasteiger partial charge in [-0.1, -0.05) is 41.5 Å². The number of halogens is 3. The monoisotopic (exact) mass is 313 g/mol. The van der Waals surface area contributed by atoms with E-state index in [4.69, 9.17) is 0 Å². The molecule has 0 spiro atoms. The first-order valence-electron chi connectivity index (χ1n) is 7.63.